The summed E-state index contributed by atoms with van der Waals surface area (Å²) in [5, 5.41) is 1.31. The molecule has 0 aromatic heterocycles. The van der Waals surface area contributed by atoms with Gasteiger partial charge in [-0.15, -0.1) is 0 Å². The lowest BCUT2D eigenvalue weighted by Crippen LogP contribution is -1.96. The Morgan fingerprint density at radius 3 is 2.25 bits per heavy atom. The zero-order valence-electron chi connectivity index (χ0n) is 11.5. The van der Waals surface area contributed by atoms with E-state index >= 15 is 0 Å². The van der Waals surface area contributed by atoms with E-state index in [9.17, 15) is 8.42 Å². The van der Waals surface area contributed by atoms with Gasteiger partial charge in [0, 0.05) is 5.41 Å². The quantitative estimate of drug-likeness (QED) is 0.835. The second kappa shape index (κ2) is 6.53. The van der Waals surface area contributed by atoms with Crippen LogP contribution in [0.25, 0.3) is 0 Å². The van der Waals surface area contributed by atoms with Crippen molar-refractivity contribution >= 4 is 9.84 Å². The van der Waals surface area contributed by atoms with Crippen LogP contribution in [0.2, 0.25) is 0 Å². The Hall–Kier alpha value is -1.87. The van der Waals surface area contributed by atoms with Gasteiger partial charge in [-0.2, -0.15) is 0 Å². The second-order valence-electron chi connectivity index (χ2n) is 4.75. The molecular weight excluding hydrogens is 268 g/mol. The van der Waals surface area contributed by atoms with Crippen LogP contribution in [0.4, 0.5) is 0 Å². The van der Waals surface area contributed by atoms with E-state index in [-0.39, 0.29) is 0 Å². The highest BCUT2D eigenvalue weighted by Gasteiger charge is 2.08. The van der Waals surface area contributed by atoms with Crippen LogP contribution in [0.1, 0.15) is 17.5 Å². The van der Waals surface area contributed by atoms with Crippen LogP contribution < -0.4 is 0 Å². The maximum atomic E-state index is 12.1. The third-order valence-corrected chi connectivity index (χ3v) is 4.55. The maximum Gasteiger partial charge on any atom is 0.199 e. The summed E-state index contributed by atoms with van der Waals surface area (Å²) >= 11 is 0. The molecule has 0 saturated carbocycles. The van der Waals surface area contributed by atoms with E-state index in [4.69, 9.17) is 0 Å². The summed E-state index contributed by atoms with van der Waals surface area (Å²) in [6.07, 6.45) is 3.29. The van der Waals surface area contributed by atoms with Gasteiger partial charge in [0.1, 0.15) is 0 Å². The van der Waals surface area contributed by atoms with E-state index in [1.165, 1.54) is 11.0 Å². The Morgan fingerprint density at radius 1 is 0.950 bits per heavy atom. The molecule has 0 heterocycles. The molecule has 104 valence electrons. The largest absolute Gasteiger partial charge is 0.219 e. The second-order valence-corrected chi connectivity index (χ2v) is 6.59. The molecule has 2 aromatic rings. The van der Waals surface area contributed by atoms with Crippen LogP contribution >= 0.6 is 0 Å². The molecule has 0 aliphatic carbocycles. The molecule has 0 spiro atoms. The Balaban J connectivity index is 1.98. The van der Waals surface area contributed by atoms with Crippen LogP contribution in [0.15, 0.2) is 71.0 Å². The minimum absolute atomic E-state index is 0.346. The SMILES string of the molecule is Cc1ccc(S(=O)(=O)/C=C\CCc2ccccc2)cc1. The van der Waals surface area contributed by atoms with Crippen molar-refractivity contribution in [3.8, 4) is 0 Å². The Kier molecular flexibility index (Phi) is 4.74. The van der Waals surface area contributed by atoms with Crippen LogP contribution in [0.3, 0.4) is 0 Å². The van der Waals surface area contributed by atoms with E-state index in [1.807, 2.05) is 49.4 Å². The van der Waals surface area contributed by atoms with Crippen LogP contribution in [0.5, 0.6) is 0 Å². The first-order chi connectivity index (χ1) is 9.58. The minimum atomic E-state index is -3.31. The summed E-state index contributed by atoms with van der Waals surface area (Å²) in [6, 6.07) is 16.9. The van der Waals surface area contributed by atoms with Gasteiger partial charge in [0.25, 0.3) is 0 Å². The minimum Gasteiger partial charge on any atom is -0.219 e. The summed E-state index contributed by atoms with van der Waals surface area (Å²) in [7, 11) is -3.31. The third kappa shape index (κ3) is 4.07. The molecule has 3 heteroatoms. The lowest BCUT2D eigenvalue weighted by molar-refractivity contribution is 0.604. The molecule has 0 aliphatic heterocycles. The normalized spacial score (nSPS) is 11.8. The number of benzene rings is 2. The first-order valence-corrected chi connectivity index (χ1v) is 8.15. The molecular formula is C17H18O2S. The van der Waals surface area contributed by atoms with E-state index in [0.717, 1.165) is 18.4 Å². The number of hydrogen-bond acceptors (Lipinski definition) is 2. The van der Waals surface area contributed by atoms with Crippen molar-refractivity contribution in [2.45, 2.75) is 24.7 Å². The average molecular weight is 286 g/mol. The molecule has 0 amide bonds. The van der Waals surface area contributed by atoms with E-state index in [0.29, 0.717) is 4.90 Å². The van der Waals surface area contributed by atoms with Crippen molar-refractivity contribution in [1.29, 1.82) is 0 Å². The number of sulfone groups is 1. The van der Waals surface area contributed by atoms with Gasteiger partial charge in [0.15, 0.2) is 9.84 Å². The summed E-state index contributed by atoms with van der Waals surface area (Å²) in [6.45, 7) is 1.94. The number of aryl methyl sites for hydroxylation is 2. The predicted octanol–water partition coefficient (Wildman–Crippen LogP) is 3.92. The number of allylic oxidation sites excluding steroid dienone is 1. The average Bonchev–Trinajstić information content (AvgIpc) is 2.45. The van der Waals surface area contributed by atoms with Gasteiger partial charge in [-0.25, -0.2) is 8.42 Å². The lowest BCUT2D eigenvalue weighted by Gasteiger charge is -2.00. The molecule has 0 bridgehead atoms. The molecule has 0 radical (unpaired) electrons. The fourth-order valence-corrected chi connectivity index (χ4v) is 2.96. The Morgan fingerprint density at radius 2 is 1.60 bits per heavy atom. The van der Waals surface area contributed by atoms with Gasteiger partial charge in [-0.1, -0.05) is 54.1 Å². The maximum absolute atomic E-state index is 12.1. The van der Waals surface area contributed by atoms with Crippen LogP contribution in [0, 0.1) is 6.92 Å². The van der Waals surface area contributed by atoms with Crippen LogP contribution in [-0.2, 0) is 16.3 Å². The Bertz CT molecular complexity index is 669. The van der Waals surface area contributed by atoms with Crippen molar-refractivity contribution < 1.29 is 8.42 Å². The standard InChI is InChI=1S/C17H18O2S/c1-15-10-12-17(13-11-15)20(18,19)14-6-5-9-16-7-3-2-4-8-16/h2-4,6-8,10-14H,5,9H2,1H3/b14-6-. The summed E-state index contributed by atoms with van der Waals surface area (Å²) in [4.78, 5) is 0.346. The highest BCUT2D eigenvalue weighted by molar-refractivity contribution is 7.94. The van der Waals surface area contributed by atoms with E-state index in [1.54, 1.807) is 18.2 Å². The first kappa shape index (κ1) is 14.5. The van der Waals surface area contributed by atoms with Crippen molar-refractivity contribution in [3.63, 3.8) is 0 Å². The molecule has 2 nitrogen and oxygen atoms in total. The monoisotopic (exact) mass is 286 g/mol. The molecule has 20 heavy (non-hydrogen) atoms. The smallest absolute Gasteiger partial charge is 0.199 e. The zero-order chi connectivity index (χ0) is 14.4. The molecule has 0 N–H and O–H groups in total. The fourth-order valence-electron chi connectivity index (χ4n) is 1.90. The molecule has 0 unspecified atom stereocenters. The summed E-state index contributed by atoms with van der Waals surface area (Å²) < 4.78 is 24.1. The van der Waals surface area contributed by atoms with Crippen molar-refractivity contribution in [1.82, 2.24) is 0 Å². The predicted molar refractivity (Wildman–Crippen MR) is 82.3 cm³/mol. The highest BCUT2D eigenvalue weighted by atomic mass is 32.2. The van der Waals surface area contributed by atoms with Crippen LogP contribution in [-0.4, -0.2) is 8.42 Å². The molecule has 0 atom stereocenters. The molecule has 0 saturated heterocycles. The fraction of sp³-hybridized carbons (Fsp3) is 0.176. The molecule has 0 aliphatic rings. The van der Waals surface area contributed by atoms with Crippen molar-refractivity contribution in [2.75, 3.05) is 0 Å². The van der Waals surface area contributed by atoms with Gasteiger partial charge < -0.3 is 0 Å². The van der Waals surface area contributed by atoms with Gasteiger partial charge in [-0.05, 0) is 37.5 Å². The zero-order valence-corrected chi connectivity index (χ0v) is 12.3. The number of rotatable bonds is 5. The highest BCUT2D eigenvalue weighted by Crippen LogP contribution is 2.13. The first-order valence-electron chi connectivity index (χ1n) is 6.60. The third-order valence-electron chi connectivity index (χ3n) is 3.07. The molecule has 2 aromatic carbocycles. The molecule has 2 rings (SSSR count). The molecule has 0 fully saturated rings. The van der Waals surface area contributed by atoms with Gasteiger partial charge in [-0.3, -0.25) is 0 Å². The van der Waals surface area contributed by atoms with E-state index < -0.39 is 9.84 Å². The Labute approximate surface area is 120 Å². The van der Waals surface area contributed by atoms with Crippen molar-refractivity contribution in [2.24, 2.45) is 0 Å². The summed E-state index contributed by atoms with van der Waals surface area (Å²) in [5.74, 6) is 0. The van der Waals surface area contributed by atoms with E-state index in [2.05, 4.69) is 0 Å². The van der Waals surface area contributed by atoms with Gasteiger partial charge >= 0.3 is 0 Å². The summed E-state index contributed by atoms with van der Waals surface area (Å²) in [5.41, 5.74) is 2.27. The van der Waals surface area contributed by atoms with Gasteiger partial charge in [0.05, 0.1) is 4.90 Å². The van der Waals surface area contributed by atoms with Gasteiger partial charge in [0.2, 0.25) is 0 Å². The topological polar surface area (TPSA) is 34.1 Å². The van der Waals surface area contributed by atoms with Crippen molar-refractivity contribution in [3.05, 3.63) is 77.2 Å². The number of hydrogen-bond donors (Lipinski definition) is 0. The lowest BCUT2D eigenvalue weighted by atomic mass is 10.1.